The van der Waals surface area contributed by atoms with Crippen molar-refractivity contribution in [3.05, 3.63) is 60.0 Å². The Kier molecular flexibility index (Phi) is 2.47. The highest BCUT2D eigenvalue weighted by Crippen LogP contribution is 2.30. The predicted molar refractivity (Wildman–Crippen MR) is 81.8 cm³/mol. The van der Waals surface area contributed by atoms with Crippen LogP contribution in [0.15, 0.2) is 55.0 Å². The van der Waals surface area contributed by atoms with E-state index in [9.17, 15) is 0 Å². The van der Waals surface area contributed by atoms with Gasteiger partial charge in [-0.15, -0.1) is 0 Å². The van der Waals surface area contributed by atoms with Crippen LogP contribution in [0, 0.1) is 0 Å². The highest BCUT2D eigenvalue weighted by molar-refractivity contribution is 6.31. The van der Waals surface area contributed by atoms with Crippen LogP contribution >= 0.6 is 11.6 Å². The molecule has 3 heterocycles. The lowest BCUT2D eigenvalue weighted by atomic mass is 10.0. The Morgan fingerprint density at radius 1 is 1.05 bits per heavy atom. The summed E-state index contributed by atoms with van der Waals surface area (Å²) in [4.78, 5) is 11.8. The molecule has 0 amide bonds. The van der Waals surface area contributed by atoms with Gasteiger partial charge in [-0.3, -0.25) is 4.98 Å². The number of nitrogens with zero attached hydrogens (tertiary/aromatic N) is 2. The molecule has 3 aromatic heterocycles. The minimum absolute atomic E-state index is 0.640. The number of aromatic nitrogens is 3. The van der Waals surface area contributed by atoms with Gasteiger partial charge in [0.15, 0.2) is 0 Å². The van der Waals surface area contributed by atoms with Gasteiger partial charge in [0.25, 0.3) is 0 Å². The molecule has 0 radical (unpaired) electrons. The van der Waals surface area contributed by atoms with Crippen molar-refractivity contribution < 1.29 is 0 Å². The molecule has 4 aromatic rings. The third-order valence-corrected chi connectivity index (χ3v) is 3.62. The fraction of sp³-hybridized carbons (Fsp3) is 0. The molecule has 0 aliphatic rings. The molecular weight excluding hydrogens is 270 g/mol. The van der Waals surface area contributed by atoms with E-state index in [1.165, 1.54) is 0 Å². The van der Waals surface area contributed by atoms with E-state index in [1.54, 1.807) is 12.4 Å². The Morgan fingerprint density at radius 2 is 2.00 bits per heavy atom. The fourth-order valence-corrected chi connectivity index (χ4v) is 2.62. The molecule has 0 spiro atoms. The summed E-state index contributed by atoms with van der Waals surface area (Å²) < 4.78 is 0. The SMILES string of the molecule is Clc1cnc2[nH]cc(-c3ccc4ncccc4c3)c2c1. The predicted octanol–water partition coefficient (Wildman–Crippen LogP) is 4.43. The first-order valence-electron chi connectivity index (χ1n) is 6.29. The summed E-state index contributed by atoms with van der Waals surface area (Å²) >= 11 is 6.04. The Bertz CT molecular complexity index is 927. The zero-order valence-corrected chi connectivity index (χ0v) is 11.2. The number of hydrogen-bond acceptors (Lipinski definition) is 2. The van der Waals surface area contributed by atoms with Crippen molar-refractivity contribution in [1.82, 2.24) is 15.0 Å². The summed E-state index contributed by atoms with van der Waals surface area (Å²) in [6.45, 7) is 0. The van der Waals surface area contributed by atoms with Gasteiger partial charge >= 0.3 is 0 Å². The molecule has 96 valence electrons. The van der Waals surface area contributed by atoms with E-state index in [2.05, 4.69) is 33.2 Å². The van der Waals surface area contributed by atoms with Crippen LogP contribution in [0.3, 0.4) is 0 Å². The lowest BCUT2D eigenvalue weighted by Crippen LogP contribution is -1.81. The van der Waals surface area contributed by atoms with E-state index in [0.717, 1.165) is 33.1 Å². The van der Waals surface area contributed by atoms with Crippen LogP contribution < -0.4 is 0 Å². The monoisotopic (exact) mass is 279 g/mol. The van der Waals surface area contributed by atoms with E-state index >= 15 is 0 Å². The second kappa shape index (κ2) is 4.32. The minimum Gasteiger partial charge on any atom is -0.346 e. The second-order valence-corrected chi connectivity index (χ2v) is 5.10. The Morgan fingerprint density at radius 3 is 2.95 bits per heavy atom. The quantitative estimate of drug-likeness (QED) is 0.560. The van der Waals surface area contributed by atoms with Gasteiger partial charge < -0.3 is 4.98 Å². The van der Waals surface area contributed by atoms with E-state index in [0.29, 0.717) is 5.02 Å². The van der Waals surface area contributed by atoms with Crippen LogP contribution in [-0.2, 0) is 0 Å². The number of fused-ring (bicyclic) bond motifs is 2. The summed E-state index contributed by atoms with van der Waals surface area (Å²) in [6.07, 6.45) is 5.41. The number of aromatic amines is 1. The van der Waals surface area contributed by atoms with Crippen molar-refractivity contribution in [2.45, 2.75) is 0 Å². The average molecular weight is 280 g/mol. The van der Waals surface area contributed by atoms with E-state index in [4.69, 9.17) is 11.6 Å². The van der Waals surface area contributed by atoms with Crippen molar-refractivity contribution in [2.75, 3.05) is 0 Å². The molecule has 0 saturated heterocycles. The van der Waals surface area contributed by atoms with Crippen molar-refractivity contribution >= 4 is 33.5 Å². The summed E-state index contributed by atoms with van der Waals surface area (Å²) in [7, 11) is 0. The molecule has 0 atom stereocenters. The van der Waals surface area contributed by atoms with Crippen LogP contribution in [0.5, 0.6) is 0 Å². The Balaban J connectivity index is 1.98. The normalized spacial score (nSPS) is 11.2. The van der Waals surface area contributed by atoms with Gasteiger partial charge in [-0.25, -0.2) is 4.98 Å². The van der Waals surface area contributed by atoms with E-state index < -0.39 is 0 Å². The lowest BCUT2D eigenvalue weighted by Gasteiger charge is -2.02. The number of H-pyrrole nitrogens is 1. The molecule has 4 rings (SSSR count). The van der Waals surface area contributed by atoms with E-state index in [1.807, 2.05) is 24.4 Å². The Labute approximate surface area is 120 Å². The van der Waals surface area contributed by atoms with Crippen LogP contribution in [-0.4, -0.2) is 15.0 Å². The first kappa shape index (κ1) is 11.4. The molecule has 0 aliphatic heterocycles. The van der Waals surface area contributed by atoms with Gasteiger partial charge in [0.1, 0.15) is 5.65 Å². The van der Waals surface area contributed by atoms with Crippen molar-refractivity contribution in [1.29, 1.82) is 0 Å². The molecule has 4 heteroatoms. The van der Waals surface area contributed by atoms with Gasteiger partial charge in [-0.1, -0.05) is 23.7 Å². The fourth-order valence-electron chi connectivity index (χ4n) is 2.46. The zero-order valence-electron chi connectivity index (χ0n) is 10.5. The number of hydrogen-bond donors (Lipinski definition) is 1. The zero-order chi connectivity index (χ0) is 13.5. The summed E-state index contributed by atoms with van der Waals surface area (Å²) in [5.74, 6) is 0. The molecule has 3 nitrogen and oxygen atoms in total. The third-order valence-electron chi connectivity index (χ3n) is 3.41. The standard InChI is InChI=1S/C16H10ClN3/c17-12-7-13-14(9-20-16(13)19-8-12)10-3-4-15-11(6-10)2-1-5-18-15/h1-9H,(H,19,20). The van der Waals surface area contributed by atoms with Crippen molar-refractivity contribution in [2.24, 2.45) is 0 Å². The van der Waals surface area contributed by atoms with Crippen molar-refractivity contribution in [3.63, 3.8) is 0 Å². The van der Waals surface area contributed by atoms with Crippen molar-refractivity contribution in [3.8, 4) is 11.1 Å². The van der Waals surface area contributed by atoms with Crippen LogP contribution in [0.4, 0.5) is 0 Å². The number of halogens is 1. The van der Waals surface area contributed by atoms with Gasteiger partial charge in [0.05, 0.1) is 10.5 Å². The molecule has 20 heavy (non-hydrogen) atoms. The average Bonchev–Trinajstić information content (AvgIpc) is 2.89. The molecule has 0 saturated carbocycles. The summed E-state index contributed by atoms with van der Waals surface area (Å²) in [5, 5.41) is 2.79. The molecule has 0 bridgehead atoms. The van der Waals surface area contributed by atoms with Crippen LogP contribution in [0.1, 0.15) is 0 Å². The van der Waals surface area contributed by atoms with Gasteiger partial charge in [0, 0.05) is 34.9 Å². The first-order valence-corrected chi connectivity index (χ1v) is 6.67. The maximum absolute atomic E-state index is 6.04. The first-order chi connectivity index (χ1) is 9.81. The lowest BCUT2D eigenvalue weighted by molar-refractivity contribution is 1.33. The summed E-state index contributed by atoms with van der Waals surface area (Å²) in [6, 6.07) is 12.2. The topological polar surface area (TPSA) is 41.6 Å². The molecule has 0 fully saturated rings. The maximum Gasteiger partial charge on any atom is 0.137 e. The van der Waals surface area contributed by atoms with Gasteiger partial charge in [0.2, 0.25) is 0 Å². The molecule has 1 aromatic carbocycles. The minimum atomic E-state index is 0.640. The van der Waals surface area contributed by atoms with Crippen LogP contribution in [0.2, 0.25) is 5.02 Å². The number of rotatable bonds is 1. The van der Waals surface area contributed by atoms with E-state index in [-0.39, 0.29) is 0 Å². The largest absolute Gasteiger partial charge is 0.346 e. The van der Waals surface area contributed by atoms with Gasteiger partial charge in [-0.05, 0) is 29.8 Å². The molecule has 0 unspecified atom stereocenters. The maximum atomic E-state index is 6.04. The second-order valence-electron chi connectivity index (χ2n) is 4.66. The molecular formula is C16H10ClN3. The smallest absolute Gasteiger partial charge is 0.137 e. The highest BCUT2D eigenvalue weighted by Gasteiger charge is 2.08. The summed E-state index contributed by atoms with van der Waals surface area (Å²) in [5.41, 5.74) is 4.06. The third kappa shape index (κ3) is 1.75. The number of benzene rings is 1. The number of pyridine rings is 2. The number of nitrogens with one attached hydrogen (secondary N) is 1. The highest BCUT2D eigenvalue weighted by atomic mass is 35.5. The van der Waals surface area contributed by atoms with Gasteiger partial charge in [-0.2, -0.15) is 0 Å². The molecule has 0 aliphatic carbocycles. The molecule has 1 N–H and O–H groups in total. The van der Waals surface area contributed by atoms with Crippen LogP contribution in [0.25, 0.3) is 33.1 Å². The Hall–Kier alpha value is -2.39.